The number of rotatable bonds is 5. The predicted octanol–water partition coefficient (Wildman–Crippen LogP) is 4.42. The van der Waals surface area contributed by atoms with E-state index >= 15 is 0 Å². The minimum absolute atomic E-state index is 0. The lowest BCUT2D eigenvalue weighted by Gasteiger charge is -2.11. The van der Waals surface area contributed by atoms with Crippen LogP contribution >= 0.6 is 23.7 Å². The molecule has 28 heavy (non-hydrogen) atoms. The Labute approximate surface area is 175 Å². The van der Waals surface area contributed by atoms with E-state index in [1.54, 1.807) is 31.3 Å². The summed E-state index contributed by atoms with van der Waals surface area (Å²) in [5.41, 5.74) is 2.06. The average molecular weight is 458 g/mol. The molecule has 1 N–H and O–H groups in total. The van der Waals surface area contributed by atoms with Crippen LogP contribution in [0.2, 0.25) is 0 Å². The van der Waals surface area contributed by atoms with Gasteiger partial charge in [-0.1, -0.05) is 29.8 Å². The molecule has 0 saturated heterocycles. The van der Waals surface area contributed by atoms with Crippen molar-refractivity contribution in [3.63, 3.8) is 0 Å². The molecule has 3 aromatic rings. The first-order valence-electron chi connectivity index (χ1n) is 8.07. The summed E-state index contributed by atoms with van der Waals surface area (Å²) in [7, 11) is -5.55. The van der Waals surface area contributed by atoms with Crippen LogP contribution in [-0.2, 0) is 19.7 Å². The molecule has 0 spiro atoms. The molecule has 1 aromatic heterocycles. The predicted molar refractivity (Wildman–Crippen MR) is 116 cm³/mol. The Kier molecular flexibility index (Phi) is 6.60. The zero-order valence-corrected chi connectivity index (χ0v) is 18.7. The van der Waals surface area contributed by atoms with Crippen LogP contribution in [0.5, 0.6) is 0 Å². The molecule has 0 bridgehead atoms. The molecule has 5 nitrogen and oxygen atoms in total. The van der Waals surface area contributed by atoms with Gasteiger partial charge in [0.1, 0.15) is 4.21 Å². The van der Waals surface area contributed by atoms with Crippen molar-refractivity contribution in [3.05, 3.63) is 60.2 Å². The number of thiophene rings is 1. The molecule has 0 atom stereocenters. The van der Waals surface area contributed by atoms with Gasteiger partial charge in [-0.3, -0.25) is 0 Å². The Hall–Kier alpha value is -1.87. The van der Waals surface area contributed by atoms with Crippen molar-refractivity contribution < 1.29 is 16.8 Å². The summed E-state index contributed by atoms with van der Waals surface area (Å²) in [6, 6.07) is 14.7. The van der Waals surface area contributed by atoms with Gasteiger partial charge in [0.25, 0.3) is 0 Å². The fourth-order valence-electron chi connectivity index (χ4n) is 2.67. The second-order valence-corrected chi connectivity index (χ2v) is 11.4. The summed E-state index contributed by atoms with van der Waals surface area (Å²) in [6.07, 6.45) is 1.12. The second-order valence-electron chi connectivity index (χ2n) is 6.17. The van der Waals surface area contributed by atoms with Gasteiger partial charge in [-0.05, 0) is 42.8 Å². The fourth-order valence-corrected chi connectivity index (χ4v) is 6.15. The molecule has 150 valence electrons. The first-order valence-corrected chi connectivity index (χ1v) is 12.3. The van der Waals surface area contributed by atoms with Gasteiger partial charge >= 0.3 is 0 Å². The normalized spacial score (nSPS) is 11.7. The molecule has 0 fully saturated rings. The summed E-state index contributed by atoms with van der Waals surface area (Å²) in [5.74, 6) is 0. The highest BCUT2D eigenvalue weighted by molar-refractivity contribution is 7.93. The maximum absolute atomic E-state index is 13.0. The van der Waals surface area contributed by atoms with Gasteiger partial charge in [-0.2, -0.15) is 0 Å². The number of hydrogen-bond donors (Lipinski definition) is 1. The highest BCUT2D eigenvalue weighted by atomic mass is 35.5. The van der Waals surface area contributed by atoms with Gasteiger partial charge in [0.2, 0.25) is 9.84 Å². The van der Waals surface area contributed by atoms with Crippen LogP contribution in [0.25, 0.3) is 11.1 Å². The molecule has 9 heteroatoms. The number of hydrogen-bond acceptors (Lipinski definition) is 6. The van der Waals surface area contributed by atoms with Crippen molar-refractivity contribution in [2.24, 2.45) is 0 Å². The SMILES string of the molecule is CNc1ccc(S(=O)(=O)c2ccc(S(C)(=O)=O)c(-c3ccc(C)cc3)c2)s1.Cl. The van der Waals surface area contributed by atoms with Crippen LogP contribution in [0.4, 0.5) is 5.00 Å². The highest BCUT2D eigenvalue weighted by Crippen LogP contribution is 2.35. The summed E-state index contributed by atoms with van der Waals surface area (Å²) in [5, 5.41) is 3.65. The Morgan fingerprint density at radius 3 is 2.07 bits per heavy atom. The van der Waals surface area contributed by atoms with E-state index in [9.17, 15) is 16.8 Å². The minimum Gasteiger partial charge on any atom is -0.380 e. The van der Waals surface area contributed by atoms with Crippen LogP contribution < -0.4 is 5.32 Å². The van der Waals surface area contributed by atoms with Crippen LogP contribution in [0, 0.1) is 6.92 Å². The Bertz CT molecular complexity index is 1200. The maximum Gasteiger partial charge on any atom is 0.216 e. The molecule has 0 unspecified atom stereocenters. The lowest BCUT2D eigenvalue weighted by atomic mass is 10.0. The summed E-state index contributed by atoms with van der Waals surface area (Å²) in [6.45, 7) is 1.93. The fraction of sp³-hybridized carbons (Fsp3) is 0.158. The van der Waals surface area contributed by atoms with E-state index in [1.165, 1.54) is 18.2 Å². The summed E-state index contributed by atoms with van der Waals surface area (Å²) >= 11 is 1.13. The first kappa shape index (κ1) is 22.4. The van der Waals surface area contributed by atoms with Crippen LogP contribution in [0.15, 0.2) is 68.6 Å². The topological polar surface area (TPSA) is 80.3 Å². The smallest absolute Gasteiger partial charge is 0.216 e. The third-order valence-corrected chi connectivity index (χ3v) is 8.62. The quantitative estimate of drug-likeness (QED) is 0.613. The minimum atomic E-state index is -3.75. The van der Waals surface area contributed by atoms with Gasteiger partial charge in [0, 0.05) is 18.9 Å². The van der Waals surface area contributed by atoms with Crippen LogP contribution in [-0.4, -0.2) is 30.1 Å². The highest BCUT2D eigenvalue weighted by Gasteiger charge is 2.23. The van der Waals surface area contributed by atoms with E-state index in [-0.39, 0.29) is 26.4 Å². The number of aryl methyl sites for hydroxylation is 1. The molecule has 0 radical (unpaired) electrons. The molecular formula is C19H20ClNO4S3. The summed E-state index contributed by atoms with van der Waals surface area (Å²) in [4.78, 5) is 0.169. The van der Waals surface area contributed by atoms with E-state index in [1.807, 2.05) is 19.1 Å². The molecule has 2 aromatic carbocycles. The van der Waals surface area contributed by atoms with Gasteiger partial charge in [-0.25, -0.2) is 16.8 Å². The van der Waals surface area contributed by atoms with Crippen LogP contribution in [0.3, 0.4) is 0 Å². The largest absolute Gasteiger partial charge is 0.380 e. The second kappa shape index (κ2) is 8.24. The van der Waals surface area contributed by atoms with Gasteiger partial charge in [0.05, 0.1) is 14.8 Å². The van der Waals surface area contributed by atoms with Crippen molar-refractivity contribution >= 4 is 48.4 Å². The van der Waals surface area contributed by atoms with E-state index in [4.69, 9.17) is 0 Å². The van der Waals surface area contributed by atoms with E-state index in [2.05, 4.69) is 5.32 Å². The van der Waals surface area contributed by atoms with Crippen molar-refractivity contribution in [1.82, 2.24) is 0 Å². The van der Waals surface area contributed by atoms with Gasteiger partial charge < -0.3 is 5.32 Å². The molecule has 3 rings (SSSR count). The Balaban J connectivity index is 0.00000280. The molecule has 0 aliphatic rings. The van der Waals surface area contributed by atoms with Crippen molar-refractivity contribution in [2.45, 2.75) is 20.9 Å². The third-order valence-electron chi connectivity index (χ3n) is 4.12. The number of halogens is 1. The molecule has 1 heterocycles. The number of benzene rings is 2. The van der Waals surface area contributed by atoms with Gasteiger partial charge in [0.15, 0.2) is 9.84 Å². The zero-order valence-electron chi connectivity index (χ0n) is 15.5. The first-order chi connectivity index (χ1) is 12.6. The summed E-state index contributed by atoms with van der Waals surface area (Å²) < 4.78 is 50.6. The van der Waals surface area contributed by atoms with E-state index < -0.39 is 19.7 Å². The lowest BCUT2D eigenvalue weighted by Crippen LogP contribution is -2.04. The molecular weight excluding hydrogens is 438 g/mol. The zero-order chi connectivity index (χ0) is 19.8. The number of anilines is 1. The third kappa shape index (κ3) is 4.41. The molecule has 0 aliphatic carbocycles. The Morgan fingerprint density at radius 2 is 1.54 bits per heavy atom. The lowest BCUT2D eigenvalue weighted by molar-refractivity contribution is 0.596. The maximum atomic E-state index is 13.0. The van der Waals surface area contributed by atoms with E-state index in [0.29, 0.717) is 11.1 Å². The van der Waals surface area contributed by atoms with Crippen molar-refractivity contribution in [1.29, 1.82) is 0 Å². The van der Waals surface area contributed by atoms with Crippen molar-refractivity contribution in [2.75, 3.05) is 18.6 Å². The standard InChI is InChI=1S/C19H19NO4S3.ClH/c1-13-4-6-14(7-5-13)16-12-15(8-9-17(16)26(3,21)22)27(23,24)19-11-10-18(20-2)25-19;/h4-12,20H,1-3H3;1H. The Morgan fingerprint density at radius 1 is 0.893 bits per heavy atom. The number of nitrogens with one attached hydrogen (secondary N) is 1. The monoisotopic (exact) mass is 457 g/mol. The average Bonchev–Trinajstić information content (AvgIpc) is 3.11. The molecule has 0 amide bonds. The number of sulfone groups is 2. The van der Waals surface area contributed by atoms with Gasteiger partial charge in [-0.15, -0.1) is 23.7 Å². The van der Waals surface area contributed by atoms with E-state index in [0.717, 1.165) is 28.2 Å². The van der Waals surface area contributed by atoms with Crippen LogP contribution in [0.1, 0.15) is 5.56 Å². The molecule has 0 saturated carbocycles. The van der Waals surface area contributed by atoms with Crippen molar-refractivity contribution in [3.8, 4) is 11.1 Å². The molecule has 0 aliphatic heterocycles.